The minimum atomic E-state index is -0.346. The fraction of sp³-hybridized carbons (Fsp3) is 0.462. The Labute approximate surface area is 116 Å². The maximum Gasteiger partial charge on any atom is 0.352 e. The van der Waals surface area contributed by atoms with Gasteiger partial charge in [-0.05, 0) is 17.9 Å². The summed E-state index contributed by atoms with van der Waals surface area (Å²) >= 11 is 0. The van der Waals surface area contributed by atoms with Crippen LogP contribution in [-0.4, -0.2) is 44.9 Å². The molecule has 3 heterocycles. The Kier molecular flexibility index (Phi) is 3.37. The Morgan fingerprint density at radius 3 is 3.15 bits per heavy atom. The van der Waals surface area contributed by atoms with E-state index in [0.29, 0.717) is 23.9 Å². The third-order valence-electron chi connectivity index (χ3n) is 3.57. The number of aromatic nitrogens is 2. The normalized spacial score (nSPS) is 20.4. The SMILES string of the molecule is C[C@@H]1CN(Cc2nc3ccccn3c2[N+](=O)[O-])CCN1. The lowest BCUT2D eigenvalue weighted by molar-refractivity contribution is -0.391. The zero-order chi connectivity index (χ0) is 14.1. The Bertz CT molecular complexity index is 639. The molecule has 1 atom stereocenters. The second kappa shape index (κ2) is 5.18. The number of nitrogens with one attached hydrogen (secondary N) is 1. The van der Waals surface area contributed by atoms with Crippen LogP contribution in [0.15, 0.2) is 24.4 Å². The molecular weight excluding hydrogens is 258 g/mol. The van der Waals surface area contributed by atoms with E-state index < -0.39 is 0 Å². The van der Waals surface area contributed by atoms with Crippen molar-refractivity contribution in [1.29, 1.82) is 0 Å². The van der Waals surface area contributed by atoms with Gasteiger partial charge in [-0.25, -0.2) is 4.98 Å². The molecule has 106 valence electrons. The molecule has 1 aliphatic rings. The van der Waals surface area contributed by atoms with E-state index in [2.05, 4.69) is 22.1 Å². The third-order valence-corrected chi connectivity index (χ3v) is 3.57. The second-order valence-electron chi connectivity index (χ2n) is 5.16. The molecular formula is C13H17N5O2. The Morgan fingerprint density at radius 2 is 2.40 bits per heavy atom. The maximum absolute atomic E-state index is 11.3. The highest BCUT2D eigenvalue weighted by Gasteiger charge is 2.25. The van der Waals surface area contributed by atoms with Crippen LogP contribution < -0.4 is 5.32 Å². The van der Waals surface area contributed by atoms with Crippen LogP contribution in [-0.2, 0) is 6.54 Å². The minimum Gasteiger partial charge on any atom is -0.358 e. The molecule has 0 aliphatic carbocycles. The number of piperazine rings is 1. The van der Waals surface area contributed by atoms with Crippen molar-refractivity contribution in [2.45, 2.75) is 19.5 Å². The zero-order valence-electron chi connectivity index (χ0n) is 11.3. The van der Waals surface area contributed by atoms with Gasteiger partial charge >= 0.3 is 5.82 Å². The minimum absolute atomic E-state index is 0.0757. The van der Waals surface area contributed by atoms with Crippen LogP contribution in [0.4, 0.5) is 5.82 Å². The van der Waals surface area contributed by atoms with Crippen LogP contribution >= 0.6 is 0 Å². The Morgan fingerprint density at radius 1 is 1.55 bits per heavy atom. The fourth-order valence-electron chi connectivity index (χ4n) is 2.70. The van der Waals surface area contributed by atoms with Crippen molar-refractivity contribution in [3.8, 4) is 0 Å². The van der Waals surface area contributed by atoms with Gasteiger partial charge < -0.3 is 15.4 Å². The molecule has 0 unspecified atom stereocenters. The largest absolute Gasteiger partial charge is 0.358 e. The first-order valence-electron chi connectivity index (χ1n) is 6.71. The molecule has 2 aromatic rings. The third kappa shape index (κ3) is 2.37. The lowest BCUT2D eigenvalue weighted by Gasteiger charge is -2.30. The van der Waals surface area contributed by atoms with Crippen LogP contribution in [0, 0.1) is 10.1 Å². The van der Waals surface area contributed by atoms with Gasteiger partial charge in [0.1, 0.15) is 0 Å². The predicted molar refractivity (Wildman–Crippen MR) is 74.6 cm³/mol. The molecule has 20 heavy (non-hydrogen) atoms. The van der Waals surface area contributed by atoms with Gasteiger partial charge in [0.25, 0.3) is 0 Å². The standard InChI is InChI=1S/C13H17N5O2/c1-10-8-16(7-5-14-10)9-11-13(18(19)20)17-6-3-2-4-12(17)15-11/h2-4,6,10,14H,5,7-9H2,1H3/t10-/m1/s1. The van der Waals surface area contributed by atoms with Crippen LogP contribution in [0.5, 0.6) is 0 Å². The number of imidazole rings is 1. The summed E-state index contributed by atoms with van der Waals surface area (Å²) in [6, 6.07) is 5.80. The van der Waals surface area contributed by atoms with Crippen molar-refractivity contribution in [3.63, 3.8) is 0 Å². The summed E-state index contributed by atoms with van der Waals surface area (Å²) in [6.07, 6.45) is 1.68. The highest BCUT2D eigenvalue weighted by Crippen LogP contribution is 2.22. The number of rotatable bonds is 3. The van der Waals surface area contributed by atoms with E-state index in [-0.39, 0.29) is 10.7 Å². The van der Waals surface area contributed by atoms with Gasteiger partial charge in [-0.15, -0.1) is 0 Å². The van der Waals surface area contributed by atoms with Crippen LogP contribution in [0.1, 0.15) is 12.6 Å². The Hall–Kier alpha value is -1.99. The number of hydrogen-bond acceptors (Lipinski definition) is 5. The molecule has 7 nitrogen and oxygen atoms in total. The van der Waals surface area contributed by atoms with E-state index in [1.807, 2.05) is 6.07 Å². The zero-order valence-corrected chi connectivity index (χ0v) is 11.3. The first kappa shape index (κ1) is 13.0. The van der Waals surface area contributed by atoms with Gasteiger partial charge in [-0.2, -0.15) is 4.40 Å². The molecule has 3 rings (SSSR count). The highest BCUT2D eigenvalue weighted by atomic mass is 16.6. The Balaban J connectivity index is 1.94. The van der Waals surface area contributed by atoms with Crippen molar-refractivity contribution >= 4 is 11.5 Å². The molecule has 0 radical (unpaired) electrons. The molecule has 0 aromatic carbocycles. The number of fused-ring (bicyclic) bond motifs is 1. The average Bonchev–Trinajstić information content (AvgIpc) is 2.76. The fourth-order valence-corrected chi connectivity index (χ4v) is 2.70. The summed E-state index contributed by atoms with van der Waals surface area (Å²) in [6.45, 7) is 5.30. The summed E-state index contributed by atoms with van der Waals surface area (Å²) < 4.78 is 1.54. The molecule has 0 spiro atoms. The number of nitro groups is 1. The lowest BCUT2D eigenvalue weighted by atomic mass is 10.2. The molecule has 1 saturated heterocycles. The van der Waals surface area contributed by atoms with E-state index in [0.717, 1.165) is 19.6 Å². The molecule has 7 heteroatoms. The molecule has 1 aliphatic heterocycles. The predicted octanol–water partition coefficient (Wildman–Crippen LogP) is 1.04. The molecule has 0 saturated carbocycles. The summed E-state index contributed by atoms with van der Waals surface area (Å²) in [5, 5.41) is 14.7. The highest BCUT2D eigenvalue weighted by molar-refractivity contribution is 5.48. The first-order valence-corrected chi connectivity index (χ1v) is 6.71. The summed E-state index contributed by atoms with van der Waals surface area (Å²) in [5.74, 6) is 0.0757. The second-order valence-corrected chi connectivity index (χ2v) is 5.16. The van der Waals surface area contributed by atoms with Gasteiger partial charge in [0, 0.05) is 38.3 Å². The number of nitrogens with zero attached hydrogens (tertiary/aromatic N) is 4. The van der Waals surface area contributed by atoms with Crippen molar-refractivity contribution in [1.82, 2.24) is 19.6 Å². The van der Waals surface area contributed by atoms with Gasteiger partial charge in [-0.3, -0.25) is 4.90 Å². The smallest absolute Gasteiger partial charge is 0.352 e. The number of hydrogen-bond donors (Lipinski definition) is 1. The molecule has 2 aromatic heterocycles. The van der Waals surface area contributed by atoms with Crippen LogP contribution in [0.25, 0.3) is 5.65 Å². The van der Waals surface area contributed by atoms with E-state index in [1.54, 1.807) is 22.7 Å². The van der Waals surface area contributed by atoms with Crippen molar-refractivity contribution in [2.24, 2.45) is 0 Å². The van der Waals surface area contributed by atoms with Crippen molar-refractivity contribution in [3.05, 3.63) is 40.2 Å². The lowest BCUT2D eigenvalue weighted by Crippen LogP contribution is -2.48. The van der Waals surface area contributed by atoms with Crippen molar-refractivity contribution in [2.75, 3.05) is 19.6 Å². The summed E-state index contributed by atoms with van der Waals surface area (Å²) in [4.78, 5) is 17.6. The van der Waals surface area contributed by atoms with Crippen molar-refractivity contribution < 1.29 is 4.92 Å². The summed E-state index contributed by atoms with van der Waals surface area (Å²) in [7, 11) is 0. The molecule has 0 bridgehead atoms. The summed E-state index contributed by atoms with van der Waals surface area (Å²) in [5.41, 5.74) is 1.16. The van der Waals surface area contributed by atoms with E-state index >= 15 is 0 Å². The van der Waals surface area contributed by atoms with Crippen LogP contribution in [0.3, 0.4) is 0 Å². The topological polar surface area (TPSA) is 75.7 Å². The first-order chi connectivity index (χ1) is 9.65. The van der Waals surface area contributed by atoms with E-state index in [9.17, 15) is 10.1 Å². The van der Waals surface area contributed by atoms with Gasteiger partial charge in [0.2, 0.25) is 5.65 Å². The molecule has 0 amide bonds. The monoisotopic (exact) mass is 275 g/mol. The average molecular weight is 275 g/mol. The molecule has 1 fully saturated rings. The van der Waals surface area contributed by atoms with Gasteiger partial charge in [0.15, 0.2) is 5.69 Å². The van der Waals surface area contributed by atoms with Gasteiger partial charge in [0.05, 0.1) is 6.20 Å². The van der Waals surface area contributed by atoms with Gasteiger partial charge in [-0.1, -0.05) is 6.07 Å². The maximum atomic E-state index is 11.3. The van der Waals surface area contributed by atoms with Crippen LogP contribution in [0.2, 0.25) is 0 Å². The quantitative estimate of drug-likeness (QED) is 0.669. The van der Waals surface area contributed by atoms with E-state index in [1.165, 1.54) is 0 Å². The number of pyridine rings is 1. The van der Waals surface area contributed by atoms with E-state index in [4.69, 9.17) is 0 Å². The molecule has 1 N–H and O–H groups in total.